The fourth-order valence-corrected chi connectivity index (χ4v) is 3.65. The first-order chi connectivity index (χ1) is 12.2. The van der Waals surface area contributed by atoms with Crippen LogP contribution in [0.3, 0.4) is 0 Å². The fraction of sp³-hybridized carbons (Fsp3) is 0.333. The second-order valence-corrected chi connectivity index (χ2v) is 7.16. The molecule has 0 spiro atoms. The zero-order valence-corrected chi connectivity index (χ0v) is 15.2. The Balaban J connectivity index is 1.42. The van der Waals surface area contributed by atoms with E-state index >= 15 is 0 Å². The molecule has 0 heterocycles. The average Bonchev–Trinajstić information content (AvgIpc) is 2.59. The maximum atomic E-state index is 5.96. The van der Waals surface area contributed by atoms with Crippen molar-refractivity contribution in [2.24, 2.45) is 0 Å². The van der Waals surface area contributed by atoms with Crippen LogP contribution < -0.4 is 5.46 Å². The van der Waals surface area contributed by atoms with Gasteiger partial charge in [-0.25, -0.2) is 0 Å². The van der Waals surface area contributed by atoms with Gasteiger partial charge in [-0.2, -0.15) is 0 Å². The van der Waals surface area contributed by atoms with E-state index < -0.39 is 0 Å². The van der Waals surface area contributed by atoms with E-state index in [1.807, 2.05) is 12.1 Å². The molecule has 0 aliphatic heterocycles. The Kier molecular flexibility index (Phi) is 5.97. The number of hydrogen-bond acceptors (Lipinski definition) is 0. The van der Waals surface area contributed by atoms with E-state index in [9.17, 15) is 0 Å². The van der Waals surface area contributed by atoms with E-state index in [2.05, 4.69) is 43.5 Å². The van der Waals surface area contributed by atoms with Gasteiger partial charge in [0.1, 0.15) is 7.85 Å². The van der Waals surface area contributed by atoms with Crippen molar-refractivity contribution >= 4 is 18.9 Å². The topological polar surface area (TPSA) is 0 Å². The van der Waals surface area contributed by atoms with Crippen molar-refractivity contribution < 1.29 is 0 Å². The van der Waals surface area contributed by atoms with Crippen LogP contribution in [0.4, 0.5) is 0 Å². The van der Waals surface area contributed by atoms with Crippen LogP contribution in [0, 0.1) is 0 Å². The SMILES string of the molecule is [B]c1ccc(C(=C)C=C)c(CCCCCCc2ccc3c(c2)CC3)c1. The van der Waals surface area contributed by atoms with Crippen molar-refractivity contribution in [3.63, 3.8) is 0 Å². The molecule has 1 aliphatic carbocycles. The number of aryl methyl sites for hydroxylation is 4. The number of rotatable bonds is 9. The van der Waals surface area contributed by atoms with Crippen molar-refractivity contribution in [3.05, 3.63) is 83.4 Å². The van der Waals surface area contributed by atoms with Crippen molar-refractivity contribution in [2.45, 2.75) is 51.4 Å². The summed E-state index contributed by atoms with van der Waals surface area (Å²) in [6, 6.07) is 13.2. The lowest BCUT2D eigenvalue weighted by molar-refractivity contribution is 0.639. The number of unbranched alkanes of at least 4 members (excludes halogenated alkanes) is 3. The van der Waals surface area contributed by atoms with Gasteiger partial charge >= 0.3 is 0 Å². The summed E-state index contributed by atoms with van der Waals surface area (Å²) in [4.78, 5) is 0. The average molecular weight is 326 g/mol. The molecular weight excluding hydrogens is 299 g/mol. The molecule has 0 nitrogen and oxygen atoms in total. The van der Waals surface area contributed by atoms with Crippen LogP contribution in [0.25, 0.3) is 5.57 Å². The number of benzene rings is 2. The molecule has 2 radical (unpaired) electrons. The van der Waals surface area contributed by atoms with Crippen LogP contribution in [0.2, 0.25) is 0 Å². The van der Waals surface area contributed by atoms with Gasteiger partial charge in [0.15, 0.2) is 0 Å². The zero-order chi connectivity index (χ0) is 17.6. The zero-order valence-electron chi connectivity index (χ0n) is 15.2. The van der Waals surface area contributed by atoms with Crippen molar-refractivity contribution in [1.82, 2.24) is 0 Å². The molecule has 0 bridgehead atoms. The second-order valence-electron chi connectivity index (χ2n) is 7.16. The van der Waals surface area contributed by atoms with Gasteiger partial charge in [-0.3, -0.25) is 0 Å². The Morgan fingerprint density at radius 2 is 1.68 bits per heavy atom. The fourth-order valence-electron chi connectivity index (χ4n) is 3.65. The summed E-state index contributed by atoms with van der Waals surface area (Å²) in [5, 5.41) is 0. The minimum Gasteiger partial charge on any atom is -0.0985 e. The van der Waals surface area contributed by atoms with Crippen LogP contribution in [0.5, 0.6) is 0 Å². The smallest absolute Gasteiger partial charge is 0.0985 e. The molecule has 0 amide bonds. The van der Waals surface area contributed by atoms with Gasteiger partial charge in [0, 0.05) is 0 Å². The van der Waals surface area contributed by atoms with Gasteiger partial charge in [0.25, 0.3) is 0 Å². The van der Waals surface area contributed by atoms with E-state index in [1.165, 1.54) is 61.6 Å². The van der Waals surface area contributed by atoms with E-state index in [1.54, 1.807) is 11.1 Å². The van der Waals surface area contributed by atoms with Crippen LogP contribution in [0.1, 0.15) is 53.5 Å². The highest BCUT2D eigenvalue weighted by Crippen LogP contribution is 2.24. The Morgan fingerprint density at radius 3 is 2.36 bits per heavy atom. The van der Waals surface area contributed by atoms with Gasteiger partial charge in [-0.1, -0.05) is 73.9 Å². The number of hydrogen-bond donors (Lipinski definition) is 0. The second kappa shape index (κ2) is 8.38. The molecule has 0 unspecified atom stereocenters. The normalized spacial score (nSPS) is 12.3. The maximum Gasteiger partial charge on any atom is 0.113 e. The first kappa shape index (κ1) is 17.8. The van der Waals surface area contributed by atoms with Gasteiger partial charge < -0.3 is 0 Å². The quantitative estimate of drug-likeness (QED) is 0.341. The van der Waals surface area contributed by atoms with Crippen LogP contribution >= 0.6 is 0 Å². The van der Waals surface area contributed by atoms with E-state index in [4.69, 9.17) is 7.85 Å². The molecule has 0 saturated heterocycles. The minimum absolute atomic E-state index is 0.830. The van der Waals surface area contributed by atoms with E-state index in [0.717, 1.165) is 17.5 Å². The molecular formula is C24H27B. The third-order valence-electron chi connectivity index (χ3n) is 5.32. The van der Waals surface area contributed by atoms with Gasteiger partial charge in [-0.05, 0) is 71.9 Å². The first-order valence-corrected chi connectivity index (χ1v) is 9.48. The van der Waals surface area contributed by atoms with Crippen LogP contribution in [-0.4, -0.2) is 7.85 Å². The lowest BCUT2D eigenvalue weighted by Gasteiger charge is -2.19. The highest BCUT2D eigenvalue weighted by atomic mass is 14.2. The third-order valence-corrected chi connectivity index (χ3v) is 5.32. The molecule has 0 aromatic heterocycles. The molecule has 0 N–H and O–H groups in total. The predicted octanol–water partition coefficient (Wildman–Crippen LogP) is 5.12. The van der Waals surface area contributed by atoms with Crippen molar-refractivity contribution in [3.8, 4) is 0 Å². The molecule has 1 aliphatic rings. The molecule has 2 aromatic rings. The third kappa shape index (κ3) is 4.54. The Hall–Kier alpha value is -2.02. The largest absolute Gasteiger partial charge is 0.113 e. The van der Waals surface area contributed by atoms with Crippen LogP contribution in [-0.2, 0) is 25.7 Å². The Morgan fingerprint density at radius 1 is 0.920 bits per heavy atom. The standard InChI is InChI=1S/C24H27B/c1-3-18(2)24-15-14-23(25)17-22(24)9-7-5-4-6-8-19-10-11-20-12-13-21(20)16-19/h3,10-11,14-17H,1-2,4-9,12-13H2. The summed E-state index contributed by atoms with van der Waals surface area (Å²) in [6.07, 6.45) is 11.7. The summed E-state index contributed by atoms with van der Waals surface area (Å²) in [5.74, 6) is 0. The van der Waals surface area contributed by atoms with Gasteiger partial charge in [0.05, 0.1) is 0 Å². The molecule has 1 heteroatoms. The molecule has 0 atom stereocenters. The first-order valence-electron chi connectivity index (χ1n) is 9.48. The summed E-state index contributed by atoms with van der Waals surface area (Å²) in [7, 11) is 5.96. The Labute approximate surface area is 154 Å². The Bertz CT molecular complexity index is 770. The van der Waals surface area contributed by atoms with Crippen molar-refractivity contribution in [2.75, 3.05) is 0 Å². The summed E-state index contributed by atoms with van der Waals surface area (Å²) < 4.78 is 0. The summed E-state index contributed by atoms with van der Waals surface area (Å²) in [6.45, 7) is 7.92. The van der Waals surface area contributed by atoms with Crippen molar-refractivity contribution in [1.29, 1.82) is 0 Å². The number of fused-ring (bicyclic) bond motifs is 1. The highest BCUT2D eigenvalue weighted by Gasteiger charge is 2.12. The highest BCUT2D eigenvalue weighted by molar-refractivity contribution is 6.32. The molecule has 0 saturated carbocycles. The van der Waals surface area contributed by atoms with Crippen LogP contribution in [0.15, 0.2) is 55.6 Å². The lowest BCUT2D eigenvalue weighted by Crippen LogP contribution is -2.08. The molecule has 126 valence electrons. The maximum absolute atomic E-state index is 5.96. The summed E-state index contributed by atoms with van der Waals surface area (Å²) in [5.41, 5.74) is 8.95. The lowest BCUT2D eigenvalue weighted by atomic mass is 9.86. The molecule has 2 aromatic carbocycles. The predicted molar refractivity (Wildman–Crippen MR) is 111 cm³/mol. The molecule has 3 rings (SSSR count). The molecule has 0 fully saturated rings. The van der Waals surface area contributed by atoms with Gasteiger partial charge in [-0.15, -0.1) is 0 Å². The minimum atomic E-state index is 0.830. The monoisotopic (exact) mass is 326 g/mol. The van der Waals surface area contributed by atoms with E-state index in [0.29, 0.717) is 0 Å². The van der Waals surface area contributed by atoms with E-state index in [-0.39, 0.29) is 0 Å². The number of allylic oxidation sites excluding steroid dienone is 2. The van der Waals surface area contributed by atoms with Gasteiger partial charge in [0.2, 0.25) is 0 Å². The summed E-state index contributed by atoms with van der Waals surface area (Å²) >= 11 is 0. The molecule has 25 heavy (non-hydrogen) atoms.